The van der Waals surface area contributed by atoms with Crippen molar-refractivity contribution in [3.63, 3.8) is 0 Å². The molecule has 0 saturated carbocycles. The molecule has 28 heavy (non-hydrogen) atoms. The molecule has 3 N–H and O–H groups in total. The van der Waals surface area contributed by atoms with Crippen molar-refractivity contribution in [1.82, 2.24) is 15.1 Å². The van der Waals surface area contributed by atoms with Crippen LogP contribution in [0.3, 0.4) is 0 Å². The maximum Gasteiger partial charge on any atom is 0.409 e. The van der Waals surface area contributed by atoms with E-state index >= 15 is 0 Å². The highest BCUT2D eigenvalue weighted by Crippen LogP contribution is 2.12. The molecule has 1 aliphatic heterocycles. The Morgan fingerprint density at radius 2 is 1.93 bits per heavy atom. The van der Waals surface area contributed by atoms with Crippen LogP contribution in [0.4, 0.5) is 4.79 Å². The lowest BCUT2D eigenvalue weighted by Gasteiger charge is -2.31. The Kier molecular flexibility index (Phi) is 9.07. The van der Waals surface area contributed by atoms with E-state index in [9.17, 15) is 4.79 Å². The number of carbonyl (C=O) groups is 1. The number of hydrogen-bond donors (Lipinski definition) is 2. The number of aliphatic imine (C=N–C) groups is 1. The summed E-state index contributed by atoms with van der Waals surface area (Å²) >= 11 is 0. The second kappa shape index (κ2) is 11.5. The van der Waals surface area contributed by atoms with Crippen molar-refractivity contribution in [2.45, 2.75) is 52.7 Å². The first-order valence-corrected chi connectivity index (χ1v) is 10.3. The van der Waals surface area contributed by atoms with Crippen molar-refractivity contribution in [2.24, 2.45) is 10.7 Å². The largest absolute Gasteiger partial charge is 0.450 e. The molecule has 0 atom stereocenters. The highest BCUT2D eigenvalue weighted by atomic mass is 16.6. The zero-order valence-corrected chi connectivity index (χ0v) is 17.5. The van der Waals surface area contributed by atoms with Gasteiger partial charge in [-0.15, -0.1) is 0 Å². The van der Waals surface area contributed by atoms with Crippen LogP contribution in [-0.2, 0) is 17.8 Å². The molecule has 0 aliphatic carbocycles. The summed E-state index contributed by atoms with van der Waals surface area (Å²) in [6.45, 7) is 11.6. The molecule has 156 valence electrons. The van der Waals surface area contributed by atoms with Crippen LogP contribution in [0.1, 0.15) is 44.7 Å². The molecule has 1 heterocycles. The Hall–Kier alpha value is -2.28. The van der Waals surface area contributed by atoms with E-state index in [0.29, 0.717) is 32.2 Å². The number of piperidine rings is 1. The first kappa shape index (κ1) is 22.0. The van der Waals surface area contributed by atoms with Crippen molar-refractivity contribution in [1.29, 1.82) is 0 Å². The average molecular weight is 390 g/mol. The number of guanidine groups is 1. The minimum atomic E-state index is -0.229. The van der Waals surface area contributed by atoms with E-state index in [0.717, 1.165) is 38.0 Å². The Morgan fingerprint density at radius 3 is 2.57 bits per heavy atom. The fourth-order valence-electron chi connectivity index (χ4n) is 3.38. The minimum Gasteiger partial charge on any atom is -0.450 e. The number of rotatable bonds is 8. The van der Waals surface area contributed by atoms with Crippen LogP contribution in [0.25, 0.3) is 0 Å². The zero-order chi connectivity index (χ0) is 20.4. The molecule has 2 rings (SSSR count). The Bertz CT molecular complexity index is 637. The van der Waals surface area contributed by atoms with E-state index in [2.05, 4.69) is 53.3 Å². The first-order chi connectivity index (χ1) is 13.5. The van der Waals surface area contributed by atoms with Gasteiger partial charge in [0.15, 0.2) is 5.96 Å². The predicted molar refractivity (Wildman–Crippen MR) is 113 cm³/mol. The number of carbonyl (C=O) groups excluding carboxylic acids is 1. The summed E-state index contributed by atoms with van der Waals surface area (Å²) in [6.07, 6.45) is 1.45. The first-order valence-electron chi connectivity index (χ1n) is 10.3. The lowest BCUT2D eigenvalue weighted by Crippen LogP contribution is -2.48. The van der Waals surface area contributed by atoms with Gasteiger partial charge in [0.05, 0.1) is 13.2 Å². The van der Waals surface area contributed by atoms with Gasteiger partial charge in [0, 0.05) is 25.7 Å². The Balaban J connectivity index is 1.81. The van der Waals surface area contributed by atoms with Crippen molar-refractivity contribution in [3.05, 3.63) is 35.4 Å². The molecule has 0 radical (unpaired) electrons. The molecule has 1 fully saturated rings. The second-order valence-electron chi connectivity index (χ2n) is 7.09. The van der Waals surface area contributed by atoms with Gasteiger partial charge in [-0.1, -0.05) is 38.1 Å². The van der Waals surface area contributed by atoms with E-state index in [1.165, 1.54) is 5.56 Å². The smallest absolute Gasteiger partial charge is 0.409 e. The topological polar surface area (TPSA) is 83.2 Å². The fraction of sp³-hybridized carbons (Fsp3) is 0.619. The molecule has 1 saturated heterocycles. The second-order valence-corrected chi connectivity index (χ2v) is 7.09. The molecular weight excluding hydrogens is 354 g/mol. The number of ether oxygens (including phenoxy) is 1. The number of nitrogens with zero attached hydrogens (tertiary/aromatic N) is 3. The molecule has 7 heteroatoms. The van der Waals surface area contributed by atoms with Gasteiger partial charge in [0.25, 0.3) is 0 Å². The lowest BCUT2D eigenvalue weighted by molar-refractivity contribution is 0.0963. The standard InChI is InChI=1S/C21H35N5O2/c1-4-25(5-2)16-18-9-7-8-17(14-18)15-23-20(22)24-19-10-12-26(13-11-19)21(27)28-6-3/h7-9,14,19H,4-6,10-13,15-16H2,1-3H3,(H3,22,23,24). The van der Waals surface area contributed by atoms with Crippen molar-refractivity contribution < 1.29 is 9.53 Å². The molecular formula is C21H35N5O2. The molecule has 0 bridgehead atoms. The molecule has 0 aromatic heterocycles. The SMILES string of the molecule is CCOC(=O)N1CCC(NC(N)=NCc2cccc(CN(CC)CC)c2)CC1. The van der Waals surface area contributed by atoms with E-state index in [-0.39, 0.29) is 12.1 Å². The summed E-state index contributed by atoms with van der Waals surface area (Å²) in [5.74, 6) is 0.462. The third-order valence-electron chi connectivity index (χ3n) is 5.10. The summed E-state index contributed by atoms with van der Waals surface area (Å²) in [6, 6.07) is 8.76. The van der Waals surface area contributed by atoms with Gasteiger partial charge in [0.2, 0.25) is 0 Å². The maximum atomic E-state index is 11.8. The summed E-state index contributed by atoms with van der Waals surface area (Å²) in [7, 11) is 0. The van der Waals surface area contributed by atoms with Crippen LogP contribution >= 0.6 is 0 Å². The Labute approximate surface area is 168 Å². The summed E-state index contributed by atoms with van der Waals surface area (Å²) in [5, 5.41) is 3.29. The lowest BCUT2D eigenvalue weighted by atomic mass is 10.1. The number of benzene rings is 1. The minimum absolute atomic E-state index is 0.229. The number of amides is 1. The highest BCUT2D eigenvalue weighted by molar-refractivity contribution is 5.78. The van der Waals surface area contributed by atoms with Crippen LogP contribution in [0.15, 0.2) is 29.3 Å². The molecule has 1 aromatic rings. The molecule has 1 aliphatic rings. The summed E-state index contributed by atoms with van der Waals surface area (Å²) in [4.78, 5) is 20.4. The number of likely N-dealkylation sites (tertiary alicyclic amines) is 1. The maximum absolute atomic E-state index is 11.8. The normalized spacial score (nSPS) is 15.7. The van der Waals surface area contributed by atoms with E-state index in [1.54, 1.807) is 4.90 Å². The number of hydrogen-bond acceptors (Lipinski definition) is 4. The molecule has 1 amide bonds. The molecule has 0 unspecified atom stereocenters. The van der Waals surface area contributed by atoms with Crippen LogP contribution in [0.5, 0.6) is 0 Å². The summed E-state index contributed by atoms with van der Waals surface area (Å²) < 4.78 is 5.05. The quantitative estimate of drug-likeness (QED) is 0.527. The van der Waals surface area contributed by atoms with Gasteiger partial charge in [0.1, 0.15) is 0 Å². The van der Waals surface area contributed by atoms with Gasteiger partial charge in [-0.2, -0.15) is 0 Å². The Morgan fingerprint density at radius 1 is 1.25 bits per heavy atom. The number of nitrogens with one attached hydrogen (secondary N) is 1. The zero-order valence-electron chi connectivity index (χ0n) is 17.5. The monoisotopic (exact) mass is 389 g/mol. The molecule has 1 aromatic carbocycles. The van der Waals surface area contributed by atoms with Gasteiger partial charge in [-0.05, 0) is 44.0 Å². The third kappa shape index (κ3) is 7.03. The third-order valence-corrected chi connectivity index (χ3v) is 5.10. The van der Waals surface area contributed by atoms with Crippen LogP contribution in [0, 0.1) is 0 Å². The fourth-order valence-corrected chi connectivity index (χ4v) is 3.38. The van der Waals surface area contributed by atoms with Gasteiger partial charge in [-0.25, -0.2) is 9.79 Å². The van der Waals surface area contributed by atoms with Crippen molar-refractivity contribution in [3.8, 4) is 0 Å². The molecule has 7 nitrogen and oxygen atoms in total. The molecule has 0 spiro atoms. The predicted octanol–water partition coefficient (Wildman–Crippen LogP) is 2.55. The van der Waals surface area contributed by atoms with Crippen LogP contribution in [-0.4, -0.2) is 60.7 Å². The number of nitrogens with two attached hydrogens (primary N) is 1. The highest BCUT2D eigenvalue weighted by Gasteiger charge is 2.23. The van der Waals surface area contributed by atoms with Gasteiger partial charge < -0.3 is 20.7 Å². The van der Waals surface area contributed by atoms with E-state index in [4.69, 9.17) is 10.5 Å². The van der Waals surface area contributed by atoms with E-state index < -0.39 is 0 Å². The summed E-state index contributed by atoms with van der Waals surface area (Å²) in [5.41, 5.74) is 8.54. The van der Waals surface area contributed by atoms with Gasteiger partial charge >= 0.3 is 6.09 Å². The van der Waals surface area contributed by atoms with E-state index in [1.807, 2.05) is 6.92 Å². The van der Waals surface area contributed by atoms with Crippen molar-refractivity contribution in [2.75, 3.05) is 32.8 Å². The van der Waals surface area contributed by atoms with Crippen molar-refractivity contribution >= 4 is 12.1 Å². The van der Waals surface area contributed by atoms with Gasteiger partial charge in [-0.3, -0.25) is 4.90 Å². The van der Waals surface area contributed by atoms with Crippen LogP contribution < -0.4 is 11.1 Å². The average Bonchev–Trinajstić information content (AvgIpc) is 2.71. The van der Waals surface area contributed by atoms with Crippen LogP contribution in [0.2, 0.25) is 0 Å².